The summed E-state index contributed by atoms with van der Waals surface area (Å²) < 4.78 is 2.79. The van der Waals surface area contributed by atoms with E-state index in [1.54, 1.807) is 0 Å². The molecule has 0 nitrogen and oxygen atoms in total. The lowest BCUT2D eigenvalue weighted by atomic mass is 10.00. The molecule has 0 fully saturated rings. The topological polar surface area (TPSA) is 0 Å². The molecule has 110 valence electrons. The summed E-state index contributed by atoms with van der Waals surface area (Å²) in [4.78, 5) is 0. The van der Waals surface area contributed by atoms with E-state index in [9.17, 15) is 0 Å². The van der Waals surface area contributed by atoms with Gasteiger partial charge in [-0.15, -0.1) is 11.3 Å². The third kappa shape index (κ3) is 1.90. The molecular formula is C22H16S. The maximum absolute atomic E-state index is 2.36. The van der Waals surface area contributed by atoms with Gasteiger partial charge in [0.05, 0.1) is 0 Å². The highest BCUT2D eigenvalue weighted by Gasteiger charge is 2.09. The standard InChI is InChI=1S/C22H16S/c1-13-3-5-15-12-20-16(11-17(15)9-13)6-8-19-18-7-4-14(2)10-21(18)23-22(19)20/h3-12H,1-2H3. The van der Waals surface area contributed by atoms with Gasteiger partial charge < -0.3 is 0 Å². The molecule has 0 bridgehead atoms. The fourth-order valence-corrected chi connectivity index (χ4v) is 4.86. The van der Waals surface area contributed by atoms with Crippen molar-refractivity contribution in [1.29, 1.82) is 0 Å². The number of hydrogen-bond acceptors (Lipinski definition) is 1. The molecule has 0 radical (unpaired) electrons. The SMILES string of the molecule is Cc1ccc2cc3c(ccc4c5ccc(C)cc5sc34)cc2c1. The van der Waals surface area contributed by atoms with Crippen molar-refractivity contribution in [3.63, 3.8) is 0 Å². The largest absolute Gasteiger partial charge is 0.135 e. The minimum Gasteiger partial charge on any atom is -0.135 e. The fraction of sp³-hybridized carbons (Fsp3) is 0.0909. The monoisotopic (exact) mass is 312 g/mol. The molecule has 0 amide bonds. The second-order valence-corrected chi connectivity index (χ2v) is 7.52. The van der Waals surface area contributed by atoms with E-state index in [2.05, 4.69) is 74.5 Å². The predicted molar refractivity (Wildman–Crippen MR) is 104 cm³/mol. The normalized spacial score (nSPS) is 11.9. The highest BCUT2D eigenvalue weighted by Crippen LogP contribution is 2.39. The Morgan fingerprint density at radius 2 is 1.30 bits per heavy atom. The number of hydrogen-bond donors (Lipinski definition) is 0. The molecule has 0 saturated carbocycles. The van der Waals surface area contributed by atoms with E-state index < -0.39 is 0 Å². The summed E-state index contributed by atoms with van der Waals surface area (Å²) in [6, 6.07) is 22.7. The van der Waals surface area contributed by atoms with Gasteiger partial charge in [-0.3, -0.25) is 0 Å². The zero-order chi connectivity index (χ0) is 15.6. The van der Waals surface area contributed by atoms with Crippen LogP contribution in [0, 0.1) is 13.8 Å². The van der Waals surface area contributed by atoms with Gasteiger partial charge in [0.25, 0.3) is 0 Å². The van der Waals surface area contributed by atoms with Gasteiger partial charge in [0, 0.05) is 25.6 Å². The summed E-state index contributed by atoms with van der Waals surface area (Å²) >= 11 is 1.92. The van der Waals surface area contributed by atoms with Crippen LogP contribution in [0.25, 0.3) is 41.7 Å². The number of thiophene rings is 1. The van der Waals surface area contributed by atoms with Crippen LogP contribution in [0.15, 0.2) is 60.7 Å². The van der Waals surface area contributed by atoms with Gasteiger partial charge in [-0.1, -0.05) is 48.0 Å². The maximum atomic E-state index is 2.36. The van der Waals surface area contributed by atoms with Gasteiger partial charge in [-0.2, -0.15) is 0 Å². The van der Waals surface area contributed by atoms with E-state index in [1.807, 2.05) is 11.3 Å². The highest BCUT2D eigenvalue weighted by molar-refractivity contribution is 7.26. The Kier molecular flexibility index (Phi) is 2.60. The van der Waals surface area contributed by atoms with Crippen molar-refractivity contribution in [3.05, 3.63) is 71.8 Å². The summed E-state index contributed by atoms with van der Waals surface area (Å²) in [5.41, 5.74) is 2.64. The van der Waals surface area contributed by atoms with Gasteiger partial charge in [-0.05, 0) is 53.8 Å². The van der Waals surface area contributed by atoms with Gasteiger partial charge >= 0.3 is 0 Å². The molecular weight excluding hydrogens is 296 g/mol. The summed E-state index contributed by atoms with van der Waals surface area (Å²) in [5, 5.41) is 8.11. The molecule has 1 heterocycles. The number of rotatable bonds is 0. The lowest BCUT2D eigenvalue weighted by molar-refractivity contribution is 1.51. The first-order valence-corrected chi connectivity index (χ1v) is 8.77. The Balaban J connectivity index is 1.97. The minimum absolute atomic E-state index is 1.32. The van der Waals surface area contributed by atoms with Crippen LogP contribution in [-0.4, -0.2) is 0 Å². The summed E-state index contributed by atoms with van der Waals surface area (Å²) in [6.45, 7) is 4.32. The van der Waals surface area contributed by atoms with Crippen LogP contribution in [0.5, 0.6) is 0 Å². The van der Waals surface area contributed by atoms with Crippen molar-refractivity contribution < 1.29 is 0 Å². The Labute approximate surface area is 139 Å². The summed E-state index contributed by atoms with van der Waals surface area (Å²) in [5.74, 6) is 0. The number of aryl methyl sites for hydroxylation is 2. The molecule has 0 aliphatic rings. The molecule has 5 rings (SSSR count). The molecule has 0 N–H and O–H groups in total. The summed E-state index contributed by atoms with van der Waals surface area (Å²) in [7, 11) is 0. The van der Waals surface area contributed by atoms with Crippen LogP contribution in [-0.2, 0) is 0 Å². The molecule has 0 unspecified atom stereocenters. The third-order valence-electron chi connectivity index (χ3n) is 4.72. The molecule has 23 heavy (non-hydrogen) atoms. The first kappa shape index (κ1) is 13.1. The van der Waals surface area contributed by atoms with Crippen molar-refractivity contribution in [2.75, 3.05) is 0 Å². The van der Waals surface area contributed by atoms with Gasteiger partial charge in [-0.25, -0.2) is 0 Å². The second kappa shape index (κ2) is 4.56. The Bertz CT molecular complexity index is 1220. The zero-order valence-corrected chi connectivity index (χ0v) is 14.0. The van der Waals surface area contributed by atoms with Crippen LogP contribution in [0.3, 0.4) is 0 Å². The van der Waals surface area contributed by atoms with Crippen LogP contribution >= 0.6 is 11.3 Å². The highest BCUT2D eigenvalue weighted by atomic mass is 32.1. The Morgan fingerprint density at radius 3 is 2.22 bits per heavy atom. The number of benzene rings is 4. The van der Waals surface area contributed by atoms with E-state index in [-0.39, 0.29) is 0 Å². The molecule has 4 aromatic carbocycles. The van der Waals surface area contributed by atoms with Crippen molar-refractivity contribution >= 4 is 53.1 Å². The Morgan fingerprint density at radius 1 is 0.565 bits per heavy atom. The van der Waals surface area contributed by atoms with Gasteiger partial charge in [0.15, 0.2) is 0 Å². The van der Waals surface area contributed by atoms with Gasteiger partial charge in [0.1, 0.15) is 0 Å². The van der Waals surface area contributed by atoms with Crippen molar-refractivity contribution in [2.45, 2.75) is 13.8 Å². The van der Waals surface area contributed by atoms with E-state index in [0.717, 1.165) is 0 Å². The van der Waals surface area contributed by atoms with Crippen LogP contribution in [0.4, 0.5) is 0 Å². The molecule has 0 atom stereocenters. The van der Waals surface area contributed by atoms with Crippen LogP contribution < -0.4 is 0 Å². The van der Waals surface area contributed by atoms with Crippen molar-refractivity contribution in [3.8, 4) is 0 Å². The number of fused-ring (bicyclic) bond motifs is 6. The second-order valence-electron chi connectivity index (χ2n) is 6.47. The molecule has 0 aliphatic heterocycles. The first-order chi connectivity index (χ1) is 11.2. The molecule has 0 aliphatic carbocycles. The average Bonchev–Trinajstić information content (AvgIpc) is 2.90. The van der Waals surface area contributed by atoms with E-state index >= 15 is 0 Å². The molecule has 0 saturated heterocycles. The van der Waals surface area contributed by atoms with E-state index in [0.29, 0.717) is 0 Å². The third-order valence-corrected chi connectivity index (χ3v) is 5.92. The first-order valence-electron chi connectivity index (χ1n) is 7.95. The van der Waals surface area contributed by atoms with E-state index in [4.69, 9.17) is 0 Å². The lowest BCUT2D eigenvalue weighted by Crippen LogP contribution is -1.78. The molecule has 5 aromatic rings. The fourth-order valence-electron chi connectivity index (χ4n) is 3.53. The smallest absolute Gasteiger partial charge is 0.0434 e. The molecule has 1 heteroatoms. The van der Waals surface area contributed by atoms with E-state index in [1.165, 1.54) is 52.8 Å². The molecule has 0 spiro atoms. The van der Waals surface area contributed by atoms with Crippen LogP contribution in [0.1, 0.15) is 11.1 Å². The predicted octanol–water partition coefficient (Wildman–Crippen LogP) is 6.98. The molecule has 1 aromatic heterocycles. The summed E-state index contributed by atoms with van der Waals surface area (Å²) in [6.07, 6.45) is 0. The van der Waals surface area contributed by atoms with Crippen LogP contribution in [0.2, 0.25) is 0 Å². The van der Waals surface area contributed by atoms with Crippen molar-refractivity contribution in [1.82, 2.24) is 0 Å². The van der Waals surface area contributed by atoms with Crippen molar-refractivity contribution in [2.24, 2.45) is 0 Å². The minimum atomic E-state index is 1.32. The maximum Gasteiger partial charge on any atom is 0.0434 e. The average molecular weight is 312 g/mol. The lowest BCUT2D eigenvalue weighted by Gasteiger charge is -2.05. The Hall–Kier alpha value is -2.38. The zero-order valence-electron chi connectivity index (χ0n) is 13.2. The van der Waals surface area contributed by atoms with Gasteiger partial charge in [0.2, 0.25) is 0 Å². The quantitative estimate of drug-likeness (QED) is 0.271.